The lowest BCUT2D eigenvalue weighted by Crippen LogP contribution is -2.41. The highest BCUT2D eigenvalue weighted by molar-refractivity contribution is 5.97. The van der Waals surface area contributed by atoms with Crippen LogP contribution in [0.4, 0.5) is 18.9 Å². The highest BCUT2D eigenvalue weighted by Crippen LogP contribution is 2.26. The van der Waals surface area contributed by atoms with E-state index in [1.165, 1.54) is 0 Å². The lowest BCUT2D eigenvalue weighted by atomic mass is 10.0. The Hall–Kier alpha value is -2.25. The minimum atomic E-state index is -4.22. The molecule has 1 heterocycles. The average Bonchev–Trinajstić information content (AvgIpc) is 2.57. The van der Waals surface area contributed by atoms with E-state index >= 15 is 0 Å². The Labute approximate surface area is 145 Å². The van der Waals surface area contributed by atoms with Crippen molar-refractivity contribution in [2.75, 3.05) is 31.1 Å². The van der Waals surface area contributed by atoms with Crippen molar-refractivity contribution in [2.24, 2.45) is 4.99 Å². The Balaban J connectivity index is 1.97. The molecule has 0 saturated heterocycles. The van der Waals surface area contributed by atoms with Crippen molar-refractivity contribution in [3.63, 3.8) is 0 Å². The quantitative estimate of drug-likeness (QED) is 0.630. The van der Waals surface area contributed by atoms with E-state index in [0.29, 0.717) is 13.1 Å². The highest BCUT2D eigenvalue weighted by Gasteiger charge is 2.26. The average molecular weight is 356 g/mol. The van der Waals surface area contributed by atoms with Gasteiger partial charge in [-0.15, -0.1) is 0 Å². The fraction of sp³-hybridized carbons (Fsp3) is 0.529. The number of carbonyl (C=O) groups is 1. The number of nitrogens with one attached hydrogen (secondary N) is 2. The Kier molecular flexibility index (Phi) is 6.66. The van der Waals surface area contributed by atoms with Crippen LogP contribution in [-0.2, 0) is 11.2 Å². The van der Waals surface area contributed by atoms with Gasteiger partial charge in [0, 0.05) is 25.3 Å². The fourth-order valence-corrected chi connectivity index (χ4v) is 2.69. The lowest BCUT2D eigenvalue weighted by Gasteiger charge is -2.29. The summed E-state index contributed by atoms with van der Waals surface area (Å²) in [4.78, 5) is 18.3. The number of rotatable bonds is 5. The molecule has 138 valence electrons. The smallest absolute Gasteiger partial charge is 0.357 e. The summed E-state index contributed by atoms with van der Waals surface area (Å²) < 4.78 is 36.7. The normalized spacial score (nSPS) is 14.9. The van der Waals surface area contributed by atoms with E-state index in [9.17, 15) is 18.0 Å². The third-order valence-electron chi connectivity index (χ3n) is 3.83. The molecule has 5 nitrogen and oxygen atoms in total. The summed E-state index contributed by atoms with van der Waals surface area (Å²) in [6.07, 6.45) is -3.36. The van der Waals surface area contributed by atoms with E-state index in [2.05, 4.69) is 15.6 Å². The molecule has 0 aliphatic carbocycles. The number of aryl methyl sites for hydroxylation is 1. The molecule has 8 heteroatoms. The molecular formula is C17H23F3N4O. The third kappa shape index (κ3) is 5.95. The van der Waals surface area contributed by atoms with E-state index in [0.717, 1.165) is 24.1 Å². The number of halogens is 3. The second kappa shape index (κ2) is 8.73. The Morgan fingerprint density at radius 2 is 2.04 bits per heavy atom. The number of hydrogen-bond donors (Lipinski definition) is 2. The number of aliphatic imine (C=N–C) groups is 1. The number of guanidine groups is 1. The van der Waals surface area contributed by atoms with Gasteiger partial charge in [-0.25, -0.2) is 4.99 Å². The summed E-state index contributed by atoms with van der Waals surface area (Å²) in [6.45, 7) is 2.54. The number of anilines is 1. The van der Waals surface area contributed by atoms with Crippen molar-refractivity contribution >= 4 is 17.6 Å². The number of hydrogen-bond acceptors (Lipinski definition) is 2. The first-order chi connectivity index (χ1) is 11.9. The molecule has 1 aliphatic rings. The zero-order valence-electron chi connectivity index (χ0n) is 14.2. The molecule has 0 unspecified atom stereocenters. The summed E-state index contributed by atoms with van der Waals surface area (Å²) in [5, 5.41) is 5.45. The van der Waals surface area contributed by atoms with Gasteiger partial charge in [-0.2, -0.15) is 13.2 Å². The largest absolute Gasteiger partial charge is 0.390 e. The minimum Gasteiger partial charge on any atom is -0.357 e. The van der Waals surface area contributed by atoms with Gasteiger partial charge in [0.1, 0.15) is 6.54 Å². The minimum absolute atomic E-state index is 0.115. The predicted octanol–water partition coefficient (Wildman–Crippen LogP) is 2.47. The number of para-hydroxylation sites is 1. The number of fused-ring (bicyclic) bond motifs is 1. The fourth-order valence-electron chi connectivity index (χ4n) is 2.69. The van der Waals surface area contributed by atoms with Crippen molar-refractivity contribution in [3.8, 4) is 0 Å². The van der Waals surface area contributed by atoms with Crippen molar-refractivity contribution in [1.82, 2.24) is 10.6 Å². The number of amides is 1. The molecule has 2 rings (SSSR count). The first-order valence-corrected chi connectivity index (χ1v) is 8.38. The number of benzene rings is 1. The molecule has 1 aromatic rings. The SMILES string of the molecule is CCNC(=NCC(=O)N1CCCc2ccccc21)NCCC(F)(F)F. The van der Waals surface area contributed by atoms with Crippen LogP contribution in [-0.4, -0.2) is 44.2 Å². The summed E-state index contributed by atoms with van der Waals surface area (Å²) in [6, 6.07) is 7.74. The molecule has 1 aliphatic heterocycles. The van der Waals surface area contributed by atoms with Gasteiger partial charge in [-0.1, -0.05) is 18.2 Å². The monoisotopic (exact) mass is 356 g/mol. The van der Waals surface area contributed by atoms with Gasteiger partial charge in [0.25, 0.3) is 0 Å². The van der Waals surface area contributed by atoms with Gasteiger partial charge in [-0.05, 0) is 31.4 Å². The number of carbonyl (C=O) groups excluding carboxylic acids is 1. The standard InChI is InChI=1S/C17H23F3N4O/c1-2-21-16(22-10-9-17(18,19)20)23-12-15(25)24-11-5-7-13-6-3-4-8-14(13)24/h3-4,6,8H,2,5,7,9-12H2,1H3,(H2,21,22,23). The van der Waals surface area contributed by atoms with Crippen LogP contribution in [0, 0.1) is 0 Å². The van der Waals surface area contributed by atoms with Crippen molar-refractivity contribution in [2.45, 2.75) is 32.4 Å². The molecule has 2 N–H and O–H groups in total. The molecule has 0 radical (unpaired) electrons. The van der Waals surface area contributed by atoms with Gasteiger partial charge < -0.3 is 15.5 Å². The predicted molar refractivity (Wildman–Crippen MR) is 91.8 cm³/mol. The molecule has 0 aromatic heterocycles. The van der Waals surface area contributed by atoms with Gasteiger partial charge >= 0.3 is 6.18 Å². The third-order valence-corrected chi connectivity index (χ3v) is 3.83. The maximum absolute atomic E-state index is 12.5. The van der Waals surface area contributed by atoms with Crippen LogP contribution < -0.4 is 15.5 Å². The van der Waals surface area contributed by atoms with E-state index in [1.54, 1.807) is 4.90 Å². The van der Waals surface area contributed by atoms with Gasteiger partial charge in [0.15, 0.2) is 5.96 Å². The zero-order chi connectivity index (χ0) is 18.3. The van der Waals surface area contributed by atoms with Crippen molar-refractivity contribution < 1.29 is 18.0 Å². The highest BCUT2D eigenvalue weighted by atomic mass is 19.4. The topological polar surface area (TPSA) is 56.7 Å². The molecule has 0 fully saturated rings. The van der Waals surface area contributed by atoms with Crippen LogP contribution in [0.15, 0.2) is 29.3 Å². The first-order valence-electron chi connectivity index (χ1n) is 8.38. The van der Waals surface area contributed by atoms with Crippen LogP contribution in [0.2, 0.25) is 0 Å². The maximum atomic E-state index is 12.5. The Morgan fingerprint density at radius 1 is 1.28 bits per heavy atom. The van der Waals surface area contributed by atoms with E-state index < -0.39 is 12.6 Å². The van der Waals surface area contributed by atoms with E-state index in [1.807, 2.05) is 31.2 Å². The van der Waals surface area contributed by atoms with Gasteiger partial charge in [0.05, 0.1) is 6.42 Å². The molecule has 0 bridgehead atoms. The van der Waals surface area contributed by atoms with Crippen molar-refractivity contribution in [1.29, 1.82) is 0 Å². The van der Waals surface area contributed by atoms with Gasteiger partial charge in [-0.3, -0.25) is 4.79 Å². The molecule has 0 spiro atoms. The molecule has 1 amide bonds. The van der Waals surface area contributed by atoms with Crippen LogP contribution in [0.1, 0.15) is 25.3 Å². The van der Waals surface area contributed by atoms with Crippen LogP contribution in [0.25, 0.3) is 0 Å². The second-order valence-corrected chi connectivity index (χ2v) is 5.76. The molecule has 25 heavy (non-hydrogen) atoms. The van der Waals surface area contributed by atoms with Crippen molar-refractivity contribution in [3.05, 3.63) is 29.8 Å². The number of alkyl halides is 3. The molecule has 0 saturated carbocycles. The first kappa shape index (κ1) is 19.1. The number of nitrogens with zero attached hydrogens (tertiary/aromatic N) is 2. The second-order valence-electron chi connectivity index (χ2n) is 5.76. The van der Waals surface area contributed by atoms with E-state index in [4.69, 9.17) is 0 Å². The Morgan fingerprint density at radius 3 is 2.76 bits per heavy atom. The molecule has 0 atom stereocenters. The summed E-state index contributed by atoms with van der Waals surface area (Å²) in [5.74, 6) is 0.0468. The maximum Gasteiger partial charge on any atom is 0.390 e. The van der Waals surface area contributed by atoms with Crippen LogP contribution in [0.3, 0.4) is 0 Å². The van der Waals surface area contributed by atoms with Crippen LogP contribution in [0.5, 0.6) is 0 Å². The summed E-state index contributed by atoms with van der Waals surface area (Å²) in [7, 11) is 0. The zero-order valence-corrected chi connectivity index (χ0v) is 14.2. The lowest BCUT2D eigenvalue weighted by molar-refractivity contribution is -0.132. The molecular weight excluding hydrogens is 333 g/mol. The molecule has 1 aromatic carbocycles. The van der Waals surface area contributed by atoms with Crippen LogP contribution >= 0.6 is 0 Å². The van der Waals surface area contributed by atoms with E-state index in [-0.39, 0.29) is 25.0 Å². The summed E-state index contributed by atoms with van der Waals surface area (Å²) in [5.41, 5.74) is 2.02. The summed E-state index contributed by atoms with van der Waals surface area (Å²) >= 11 is 0. The Bertz CT molecular complexity index is 616. The van der Waals surface area contributed by atoms with Gasteiger partial charge in [0.2, 0.25) is 5.91 Å².